The van der Waals surface area contributed by atoms with Crippen LogP contribution in [0.25, 0.3) is 21.3 Å². The lowest BCUT2D eigenvalue weighted by molar-refractivity contribution is -0.116. The molecule has 0 aliphatic carbocycles. The number of carbonyl (C=O) groups excluding carboxylic acids is 2. The number of thiophene rings is 1. The molecule has 7 nitrogen and oxygen atoms in total. The third kappa shape index (κ3) is 4.92. The molecule has 0 atom stereocenters. The van der Waals surface area contributed by atoms with E-state index in [1.165, 1.54) is 22.2 Å². The Hall–Kier alpha value is -3.78. The Morgan fingerprint density at radius 2 is 1.85 bits per heavy atom. The average molecular weight is 476 g/mol. The summed E-state index contributed by atoms with van der Waals surface area (Å²) in [5, 5.41) is 5.21. The minimum absolute atomic E-state index is 0.176. The fourth-order valence-electron chi connectivity index (χ4n) is 3.72. The molecular formula is C26H25N3O4S. The summed E-state index contributed by atoms with van der Waals surface area (Å²) in [6.45, 7) is 6.15. The number of ether oxygens (including phenoxy) is 1. The topological polar surface area (TPSA) is 90.3 Å². The van der Waals surface area contributed by atoms with Crippen LogP contribution in [0, 0.1) is 13.8 Å². The van der Waals surface area contributed by atoms with Crippen LogP contribution < -0.4 is 10.9 Å². The fraction of sp³-hybridized carbons (Fsp3) is 0.231. The Labute approximate surface area is 201 Å². The van der Waals surface area contributed by atoms with Crippen LogP contribution in [0.1, 0.15) is 34.8 Å². The lowest BCUT2D eigenvalue weighted by Crippen LogP contribution is -2.27. The number of anilines is 1. The number of rotatable bonds is 7. The van der Waals surface area contributed by atoms with Gasteiger partial charge in [0.15, 0.2) is 0 Å². The van der Waals surface area contributed by atoms with Gasteiger partial charge in [0.2, 0.25) is 5.91 Å². The van der Waals surface area contributed by atoms with Crippen molar-refractivity contribution < 1.29 is 14.3 Å². The van der Waals surface area contributed by atoms with Crippen molar-refractivity contribution in [3.8, 4) is 11.1 Å². The Balaban J connectivity index is 1.53. The number of esters is 1. The summed E-state index contributed by atoms with van der Waals surface area (Å²) in [6, 6.07) is 12.5. The standard InChI is InChI=1S/C26H25N3O4S/c1-4-11-33-26(32)18-6-8-19(9-7-18)28-22(30)13-29-15-27-24-23(25(29)31)21(14-34-24)20-10-5-16(2)12-17(20)3/h5-10,12,14-15H,4,11,13H2,1-3H3,(H,28,30). The van der Waals surface area contributed by atoms with Gasteiger partial charge in [0.05, 0.1) is 23.9 Å². The zero-order chi connectivity index (χ0) is 24.2. The Bertz CT molecular complexity index is 1420. The predicted octanol–water partition coefficient (Wildman–Crippen LogP) is 4.95. The summed E-state index contributed by atoms with van der Waals surface area (Å²) in [4.78, 5) is 42.8. The van der Waals surface area contributed by atoms with Crippen LogP contribution in [-0.4, -0.2) is 28.0 Å². The van der Waals surface area contributed by atoms with Gasteiger partial charge in [-0.25, -0.2) is 9.78 Å². The van der Waals surface area contributed by atoms with Crippen molar-refractivity contribution in [3.63, 3.8) is 0 Å². The molecule has 0 unspecified atom stereocenters. The third-order valence-corrected chi connectivity index (χ3v) is 6.27. The molecule has 4 rings (SSSR count). The van der Waals surface area contributed by atoms with Crippen LogP contribution in [0.5, 0.6) is 0 Å². The predicted molar refractivity (Wildman–Crippen MR) is 134 cm³/mol. The van der Waals surface area contributed by atoms with Gasteiger partial charge in [0.25, 0.3) is 5.56 Å². The second kappa shape index (κ2) is 10.0. The summed E-state index contributed by atoms with van der Waals surface area (Å²) < 4.78 is 6.42. The molecule has 0 aliphatic rings. The van der Waals surface area contributed by atoms with Gasteiger partial charge in [-0.05, 0) is 55.7 Å². The fourth-order valence-corrected chi connectivity index (χ4v) is 4.61. The molecule has 1 N–H and O–H groups in total. The number of fused-ring (bicyclic) bond motifs is 1. The highest BCUT2D eigenvalue weighted by Crippen LogP contribution is 2.33. The highest BCUT2D eigenvalue weighted by Gasteiger charge is 2.16. The second-order valence-corrected chi connectivity index (χ2v) is 8.95. The van der Waals surface area contributed by atoms with Crippen molar-refractivity contribution in [3.05, 3.63) is 81.2 Å². The molecule has 2 aromatic heterocycles. The van der Waals surface area contributed by atoms with Gasteiger partial charge in [-0.1, -0.05) is 30.7 Å². The van der Waals surface area contributed by atoms with E-state index in [-0.39, 0.29) is 18.0 Å². The smallest absolute Gasteiger partial charge is 0.338 e. The first-order valence-electron chi connectivity index (χ1n) is 11.0. The van der Waals surface area contributed by atoms with Crippen LogP contribution in [0.4, 0.5) is 5.69 Å². The first-order chi connectivity index (χ1) is 16.4. The highest BCUT2D eigenvalue weighted by molar-refractivity contribution is 7.17. The number of amides is 1. The molecule has 0 saturated carbocycles. The van der Waals surface area contributed by atoms with Gasteiger partial charge in [-0.15, -0.1) is 11.3 Å². The van der Waals surface area contributed by atoms with Crippen LogP contribution in [0.3, 0.4) is 0 Å². The van der Waals surface area contributed by atoms with Crippen LogP contribution >= 0.6 is 11.3 Å². The summed E-state index contributed by atoms with van der Waals surface area (Å²) in [5.74, 6) is -0.770. The monoisotopic (exact) mass is 475 g/mol. The minimum atomic E-state index is -0.402. The second-order valence-electron chi connectivity index (χ2n) is 8.09. The Morgan fingerprint density at radius 1 is 1.09 bits per heavy atom. The van der Waals surface area contributed by atoms with Gasteiger partial charge < -0.3 is 10.1 Å². The largest absolute Gasteiger partial charge is 0.462 e. The molecule has 2 aromatic carbocycles. The molecule has 174 valence electrons. The van der Waals surface area contributed by atoms with E-state index in [9.17, 15) is 14.4 Å². The first-order valence-corrected chi connectivity index (χ1v) is 11.9. The van der Waals surface area contributed by atoms with E-state index >= 15 is 0 Å². The lowest BCUT2D eigenvalue weighted by atomic mass is 9.99. The zero-order valence-electron chi connectivity index (χ0n) is 19.3. The SMILES string of the molecule is CCCOC(=O)c1ccc(NC(=O)Cn2cnc3scc(-c4ccc(C)cc4C)c3c2=O)cc1. The summed E-state index contributed by atoms with van der Waals surface area (Å²) in [5.41, 5.74) is 4.71. The summed E-state index contributed by atoms with van der Waals surface area (Å²) in [6.07, 6.45) is 2.15. The van der Waals surface area contributed by atoms with Crippen molar-refractivity contribution >= 4 is 39.1 Å². The lowest BCUT2D eigenvalue weighted by Gasteiger charge is -2.09. The molecule has 34 heavy (non-hydrogen) atoms. The quantitative estimate of drug-likeness (QED) is 0.382. The van der Waals surface area contributed by atoms with E-state index < -0.39 is 5.97 Å². The van der Waals surface area contributed by atoms with E-state index in [0.717, 1.165) is 28.7 Å². The number of hydrogen-bond donors (Lipinski definition) is 1. The molecule has 4 aromatic rings. The van der Waals surface area contributed by atoms with Crippen molar-refractivity contribution in [1.29, 1.82) is 0 Å². The summed E-state index contributed by atoms with van der Waals surface area (Å²) in [7, 11) is 0. The van der Waals surface area contributed by atoms with Crippen LogP contribution in [-0.2, 0) is 16.1 Å². The van der Waals surface area contributed by atoms with E-state index in [1.807, 2.05) is 38.3 Å². The minimum Gasteiger partial charge on any atom is -0.462 e. The number of hydrogen-bond acceptors (Lipinski definition) is 6. The maximum absolute atomic E-state index is 13.3. The number of aryl methyl sites for hydroxylation is 2. The molecule has 8 heteroatoms. The van der Waals surface area contributed by atoms with Crippen LogP contribution in [0.15, 0.2) is 59.0 Å². The molecule has 2 heterocycles. The first kappa shape index (κ1) is 23.4. The van der Waals surface area contributed by atoms with E-state index in [0.29, 0.717) is 28.1 Å². The van der Waals surface area contributed by atoms with Gasteiger partial charge in [-0.3, -0.25) is 14.2 Å². The number of nitrogens with one attached hydrogen (secondary N) is 1. The molecule has 0 radical (unpaired) electrons. The molecular weight excluding hydrogens is 450 g/mol. The number of aromatic nitrogens is 2. The van der Waals surface area contributed by atoms with Crippen molar-refractivity contribution in [2.75, 3.05) is 11.9 Å². The Kier molecular flexibility index (Phi) is 6.88. The van der Waals surface area contributed by atoms with Crippen LogP contribution in [0.2, 0.25) is 0 Å². The van der Waals surface area contributed by atoms with Gasteiger partial charge >= 0.3 is 5.97 Å². The number of benzene rings is 2. The van der Waals surface area contributed by atoms with Crippen molar-refractivity contribution in [2.24, 2.45) is 0 Å². The van der Waals surface area contributed by atoms with Crippen molar-refractivity contribution in [1.82, 2.24) is 9.55 Å². The normalized spacial score (nSPS) is 10.9. The summed E-state index contributed by atoms with van der Waals surface area (Å²) >= 11 is 1.41. The molecule has 1 amide bonds. The highest BCUT2D eigenvalue weighted by atomic mass is 32.1. The third-order valence-electron chi connectivity index (χ3n) is 5.39. The number of nitrogens with zero attached hydrogens (tertiary/aromatic N) is 2. The average Bonchev–Trinajstić information content (AvgIpc) is 3.24. The van der Waals surface area contributed by atoms with E-state index in [4.69, 9.17) is 4.74 Å². The van der Waals surface area contributed by atoms with Crippen molar-refractivity contribution in [2.45, 2.75) is 33.7 Å². The molecule has 0 fully saturated rings. The van der Waals surface area contributed by atoms with Gasteiger partial charge in [-0.2, -0.15) is 0 Å². The zero-order valence-corrected chi connectivity index (χ0v) is 20.1. The van der Waals surface area contributed by atoms with Gasteiger partial charge in [0, 0.05) is 16.6 Å². The maximum atomic E-state index is 13.3. The van der Waals surface area contributed by atoms with E-state index in [1.54, 1.807) is 24.3 Å². The van der Waals surface area contributed by atoms with E-state index in [2.05, 4.69) is 16.4 Å². The molecule has 0 saturated heterocycles. The molecule has 0 spiro atoms. The Morgan fingerprint density at radius 3 is 2.56 bits per heavy atom. The maximum Gasteiger partial charge on any atom is 0.338 e. The number of carbonyl (C=O) groups is 2. The molecule has 0 aliphatic heterocycles. The molecule has 0 bridgehead atoms. The van der Waals surface area contributed by atoms with Gasteiger partial charge in [0.1, 0.15) is 11.4 Å².